The van der Waals surface area contributed by atoms with E-state index in [4.69, 9.17) is 22.1 Å². The average molecular weight is 296 g/mol. The number of nitrogens with two attached hydrogens (primary N) is 1. The minimum atomic E-state index is -0.391. The van der Waals surface area contributed by atoms with Gasteiger partial charge in [-0.15, -0.1) is 11.3 Å². The molecule has 0 bridgehead atoms. The molecule has 2 rings (SSSR count). The highest BCUT2D eigenvalue weighted by Crippen LogP contribution is 2.39. The van der Waals surface area contributed by atoms with Crippen molar-refractivity contribution >= 4 is 34.6 Å². The average Bonchev–Trinajstić information content (AvgIpc) is 2.75. The van der Waals surface area contributed by atoms with Crippen molar-refractivity contribution in [3.8, 4) is 10.4 Å². The lowest BCUT2D eigenvalue weighted by atomic mass is 10.1. The van der Waals surface area contributed by atoms with E-state index in [0.29, 0.717) is 15.6 Å². The number of carbonyl (C=O) groups excluding carboxylic acids is 1. The van der Waals surface area contributed by atoms with E-state index in [-0.39, 0.29) is 0 Å². The van der Waals surface area contributed by atoms with E-state index in [1.807, 2.05) is 31.2 Å². The Bertz CT molecular complexity index is 605. The Morgan fingerprint density at radius 3 is 2.53 bits per heavy atom. The molecule has 0 saturated heterocycles. The van der Waals surface area contributed by atoms with Crippen LogP contribution >= 0.6 is 22.9 Å². The number of esters is 1. The number of thiophene rings is 1. The van der Waals surface area contributed by atoms with Gasteiger partial charge in [0.1, 0.15) is 4.88 Å². The van der Waals surface area contributed by atoms with Gasteiger partial charge in [0.15, 0.2) is 0 Å². The Balaban J connectivity index is 2.57. The van der Waals surface area contributed by atoms with E-state index in [2.05, 4.69) is 0 Å². The van der Waals surface area contributed by atoms with E-state index in [1.54, 1.807) is 0 Å². The normalized spacial score (nSPS) is 10.5. The maximum Gasteiger partial charge on any atom is 0.350 e. The minimum Gasteiger partial charge on any atom is -0.465 e. The first kappa shape index (κ1) is 13.9. The van der Waals surface area contributed by atoms with Crippen molar-refractivity contribution in [1.29, 1.82) is 0 Å². The fourth-order valence-electron chi connectivity index (χ4n) is 1.91. The zero-order valence-corrected chi connectivity index (χ0v) is 12.3. The number of nitrogen functional groups attached to an aromatic ring is 1. The fourth-order valence-corrected chi connectivity index (χ4v) is 3.27. The standard InChI is InChI=1S/C14H14ClNO2S/c1-3-10-11(16)13(14(17)18-2)19-12(10)8-4-6-9(15)7-5-8/h4-7H,3,16H2,1-2H3. The predicted octanol–water partition coefficient (Wildman–Crippen LogP) is 4.00. The molecule has 2 aromatic rings. The molecule has 0 aliphatic heterocycles. The van der Waals surface area contributed by atoms with Crippen molar-refractivity contribution in [3.05, 3.63) is 39.7 Å². The number of halogens is 1. The van der Waals surface area contributed by atoms with E-state index < -0.39 is 5.97 Å². The second-order valence-corrected chi connectivity index (χ2v) is 5.46. The van der Waals surface area contributed by atoms with Crippen LogP contribution in [0.3, 0.4) is 0 Å². The van der Waals surface area contributed by atoms with Gasteiger partial charge in [0.2, 0.25) is 0 Å². The van der Waals surface area contributed by atoms with Gasteiger partial charge in [-0.25, -0.2) is 4.79 Å². The van der Waals surface area contributed by atoms with Crippen LogP contribution in [0.5, 0.6) is 0 Å². The van der Waals surface area contributed by atoms with Crippen molar-refractivity contribution in [2.75, 3.05) is 12.8 Å². The van der Waals surface area contributed by atoms with Crippen LogP contribution in [0.25, 0.3) is 10.4 Å². The molecule has 0 aliphatic carbocycles. The SMILES string of the molecule is CCc1c(-c2ccc(Cl)cc2)sc(C(=O)OC)c1N. The summed E-state index contributed by atoms with van der Waals surface area (Å²) >= 11 is 7.25. The molecule has 0 amide bonds. The molecule has 1 aromatic carbocycles. The largest absolute Gasteiger partial charge is 0.465 e. The maximum atomic E-state index is 11.7. The van der Waals surface area contributed by atoms with Crippen molar-refractivity contribution in [2.45, 2.75) is 13.3 Å². The second kappa shape index (κ2) is 5.63. The molecule has 1 aromatic heterocycles. The summed E-state index contributed by atoms with van der Waals surface area (Å²) in [6.45, 7) is 2.01. The lowest BCUT2D eigenvalue weighted by molar-refractivity contribution is 0.0607. The number of anilines is 1. The summed E-state index contributed by atoms with van der Waals surface area (Å²) in [6, 6.07) is 7.50. The highest BCUT2D eigenvalue weighted by molar-refractivity contribution is 7.18. The molecule has 0 spiro atoms. The van der Waals surface area contributed by atoms with Crippen molar-refractivity contribution in [1.82, 2.24) is 0 Å². The van der Waals surface area contributed by atoms with Crippen LogP contribution in [0.2, 0.25) is 5.02 Å². The Morgan fingerprint density at radius 1 is 1.37 bits per heavy atom. The number of hydrogen-bond donors (Lipinski definition) is 1. The molecule has 2 N–H and O–H groups in total. The lowest BCUT2D eigenvalue weighted by Crippen LogP contribution is -2.02. The first-order valence-corrected chi connectivity index (χ1v) is 7.03. The summed E-state index contributed by atoms with van der Waals surface area (Å²) in [5.74, 6) is -0.391. The fraction of sp³-hybridized carbons (Fsp3) is 0.214. The van der Waals surface area contributed by atoms with Crippen LogP contribution < -0.4 is 5.73 Å². The number of carbonyl (C=O) groups is 1. The van der Waals surface area contributed by atoms with Gasteiger partial charge in [-0.05, 0) is 29.7 Å². The second-order valence-electron chi connectivity index (χ2n) is 4.00. The van der Waals surface area contributed by atoms with Gasteiger partial charge in [0.05, 0.1) is 12.8 Å². The van der Waals surface area contributed by atoms with Gasteiger partial charge in [0.25, 0.3) is 0 Å². The van der Waals surface area contributed by atoms with Crippen LogP contribution in [0.1, 0.15) is 22.2 Å². The third kappa shape index (κ3) is 2.60. The minimum absolute atomic E-state index is 0.391. The monoisotopic (exact) mass is 295 g/mol. The van der Waals surface area contributed by atoms with Crippen molar-refractivity contribution in [3.63, 3.8) is 0 Å². The number of benzene rings is 1. The van der Waals surface area contributed by atoms with Gasteiger partial charge in [-0.3, -0.25) is 0 Å². The Morgan fingerprint density at radius 2 is 2.00 bits per heavy atom. The Labute approximate surface area is 121 Å². The number of methoxy groups -OCH3 is 1. The Hall–Kier alpha value is -1.52. The quantitative estimate of drug-likeness (QED) is 0.871. The molecule has 0 fully saturated rings. The van der Waals surface area contributed by atoms with Crippen LogP contribution in [-0.4, -0.2) is 13.1 Å². The lowest BCUT2D eigenvalue weighted by Gasteiger charge is -2.02. The number of ether oxygens (including phenoxy) is 1. The van der Waals surface area contributed by atoms with E-state index in [9.17, 15) is 4.79 Å². The first-order valence-electron chi connectivity index (χ1n) is 5.83. The van der Waals surface area contributed by atoms with E-state index in [0.717, 1.165) is 22.4 Å². The van der Waals surface area contributed by atoms with Crippen LogP contribution in [0.4, 0.5) is 5.69 Å². The zero-order chi connectivity index (χ0) is 14.0. The highest BCUT2D eigenvalue weighted by Gasteiger charge is 2.21. The van der Waals surface area contributed by atoms with Gasteiger partial charge < -0.3 is 10.5 Å². The third-order valence-electron chi connectivity index (χ3n) is 2.88. The molecule has 0 atom stereocenters. The maximum absolute atomic E-state index is 11.7. The molecule has 1 heterocycles. The molecule has 19 heavy (non-hydrogen) atoms. The molecule has 100 valence electrons. The van der Waals surface area contributed by atoms with Crippen LogP contribution in [-0.2, 0) is 11.2 Å². The van der Waals surface area contributed by atoms with Gasteiger partial charge >= 0.3 is 5.97 Å². The van der Waals surface area contributed by atoms with E-state index in [1.165, 1.54) is 18.4 Å². The molecule has 0 radical (unpaired) electrons. The summed E-state index contributed by atoms with van der Waals surface area (Å²) < 4.78 is 4.76. The molecule has 0 saturated carbocycles. The molecular formula is C14H14ClNO2S. The smallest absolute Gasteiger partial charge is 0.350 e. The number of hydrogen-bond acceptors (Lipinski definition) is 4. The summed E-state index contributed by atoms with van der Waals surface area (Å²) in [5, 5.41) is 0.680. The summed E-state index contributed by atoms with van der Waals surface area (Å²) in [6.07, 6.45) is 0.761. The van der Waals surface area contributed by atoms with Gasteiger partial charge in [0, 0.05) is 9.90 Å². The molecule has 5 heteroatoms. The van der Waals surface area contributed by atoms with Gasteiger partial charge in [-0.1, -0.05) is 30.7 Å². The summed E-state index contributed by atoms with van der Waals surface area (Å²) in [4.78, 5) is 13.1. The molecule has 0 aliphatic rings. The summed E-state index contributed by atoms with van der Waals surface area (Å²) in [7, 11) is 1.36. The predicted molar refractivity (Wildman–Crippen MR) is 79.9 cm³/mol. The van der Waals surface area contributed by atoms with E-state index >= 15 is 0 Å². The molecule has 3 nitrogen and oxygen atoms in total. The molecule has 0 unspecified atom stereocenters. The third-order valence-corrected chi connectivity index (χ3v) is 4.41. The highest BCUT2D eigenvalue weighted by atomic mass is 35.5. The van der Waals surface area contributed by atoms with Gasteiger partial charge in [-0.2, -0.15) is 0 Å². The zero-order valence-electron chi connectivity index (χ0n) is 10.7. The number of rotatable bonds is 3. The summed E-state index contributed by atoms with van der Waals surface area (Å²) in [5.41, 5.74) is 8.55. The van der Waals surface area contributed by atoms with Crippen LogP contribution in [0, 0.1) is 0 Å². The van der Waals surface area contributed by atoms with Crippen LogP contribution in [0.15, 0.2) is 24.3 Å². The Kier molecular flexibility index (Phi) is 4.12. The topological polar surface area (TPSA) is 52.3 Å². The molecular weight excluding hydrogens is 282 g/mol. The van der Waals surface area contributed by atoms with Crippen molar-refractivity contribution in [2.24, 2.45) is 0 Å². The first-order chi connectivity index (χ1) is 9.08. The van der Waals surface area contributed by atoms with Crippen molar-refractivity contribution < 1.29 is 9.53 Å².